The molecule has 2 aromatic heterocycles. The Morgan fingerprint density at radius 2 is 2.07 bits per heavy atom. The number of para-hydroxylation sites is 1. The van der Waals surface area contributed by atoms with Gasteiger partial charge in [0, 0.05) is 24.5 Å². The average molecular weight is 428 g/mol. The Morgan fingerprint density at radius 1 is 1.27 bits per heavy atom. The van der Waals surface area contributed by atoms with Crippen LogP contribution in [0.2, 0.25) is 0 Å². The molecule has 1 N–H and O–H groups in total. The molecule has 8 nitrogen and oxygen atoms in total. The highest BCUT2D eigenvalue weighted by Gasteiger charge is 2.22. The Balaban J connectivity index is 1.56. The van der Waals surface area contributed by atoms with Crippen molar-refractivity contribution in [1.29, 1.82) is 0 Å². The quantitative estimate of drug-likeness (QED) is 0.454. The number of thioether (sulfide) groups is 1. The van der Waals surface area contributed by atoms with Crippen molar-refractivity contribution in [3.8, 4) is 0 Å². The van der Waals surface area contributed by atoms with Crippen LogP contribution in [-0.4, -0.2) is 57.5 Å². The average Bonchev–Trinajstić information content (AvgIpc) is 3.17. The predicted molar refractivity (Wildman–Crippen MR) is 115 cm³/mol. The molecule has 1 atom stereocenters. The van der Waals surface area contributed by atoms with E-state index < -0.39 is 0 Å². The van der Waals surface area contributed by atoms with Crippen LogP contribution in [0.15, 0.2) is 39.9 Å². The highest BCUT2D eigenvalue weighted by molar-refractivity contribution is 8.00. The van der Waals surface area contributed by atoms with Crippen molar-refractivity contribution in [2.45, 2.75) is 37.1 Å². The van der Waals surface area contributed by atoms with Crippen LogP contribution in [0.4, 0.5) is 5.82 Å². The van der Waals surface area contributed by atoms with Crippen LogP contribution in [0.5, 0.6) is 0 Å². The second-order valence-corrected chi connectivity index (χ2v) is 8.37. The predicted octanol–water partition coefficient (Wildman–Crippen LogP) is 3.27. The maximum Gasteiger partial charge on any atom is 0.239 e. The van der Waals surface area contributed by atoms with Gasteiger partial charge in [-0.2, -0.15) is 0 Å². The second kappa shape index (κ2) is 9.55. The van der Waals surface area contributed by atoms with Crippen molar-refractivity contribution < 1.29 is 14.1 Å². The zero-order chi connectivity index (χ0) is 20.9. The highest BCUT2D eigenvalue weighted by atomic mass is 32.2. The maximum absolute atomic E-state index is 12.8. The molecule has 1 aliphatic heterocycles. The summed E-state index contributed by atoms with van der Waals surface area (Å²) in [4.78, 5) is 24.7. The number of carbonyl (C=O) groups excluding carboxylic acids is 1. The molecule has 0 aliphatic carbocycles. The molecular formula is C21H25N5O3S. The highest BCUT2D eigenvalue weighted by Crippen LogP contribution is 2.31. The molecule has 3 aromatic rings. The number of fused-ring (bicyclic) bond motifs is 1. The lowest BCUT2D eigenvalue weighted by Gasteiger charge is -2.26. The van der Waals surface area contributed by atoms with Crippen molar-refractivity contribution in [1.82, 2.24) is 20.0 Å². The normalized spacial score (nSPS) is 15.9. The van der Waals surface area contributed by atoms with Gasteiger partial charge < -0.3 is 14.6 Å². The van der Waals surface area contributed by atoms with Crippen LogP contribution in [0.3, 0.4) is 0 Å². The summed E-state index contributed by atoms with van der Waals surface area (Å²) >= 11 is 1.46. The molecule has 1 fully saturated rings. The molecular weight excluding hydrogens is 402 g/mol. The summed E-state index contributed by atoms with van der Waals surface area (Å²) in [7, 11) is 0. The van der Waals surface area contributed by atoms with Crippen LogP contribution in [0.25, 0.3) is 10.9 Å². The smallest absolute Gasteiger partial charge is 0.239 e. The van der Waals surface area contributed by atoms with Crippen LogP contribution in [-0.2, 0) is 16.1 Å². The standard InChI is InChI=1S/C21H25N5O3S/c1-3-17(20(27)23-18-12-14(2)29-25-18)30-21-15-6-4-5-7-16(15)22-19(24-21)13-26-8-10-28-11-9-26/h4-7,12,17H,3,8-11,13H2,1-2H3,(H,23,25,27). The number of aryl methyl sites for hydroxylation is 1. The van der Waals surface area contributed by atoms with E-state index in [1.54, 1.807) is 13.0 Å². The van der Waals surface area contributed by atoms with Crippen molar-refractivity contribution in [3.05, 3.63) is 41.9 Å². The first-order valence-corrected chi connectivity index (χ1v) is 11.0. The van der Waals surface area contributed by atoms with Gasteiger partial charge in [-0.3, -0.25) is 9.69 Å². The fraction of sp³-hybridized carbons (Fsp3) is 0.429. The molecule has 158 valence electrons. The van der Waals surface area contributed by atoms with Crippen LogP contribution in [0, 0.1) is 6.92 Å². The second-order valence-electron chi connectivity index (χ2n) is 7.18. The van der Waals surface area contributed by atoms with E-state index >= 15 is 0 Å². The van der Waals surface area contributed by atoms with Crippen LogP contribution in [0.1, 0.15) is 24.9 Å². The van der Waals surface area contributed by atoms with Gasteiger partial charge in [-0.25, -0.2) is 9.97 Å². The van der Waals surface area contributed by atoms with E-state index in [2.05, 4.69) is 15.4 Å². The number of hydrogen-bond acceptors (Lipinski definition) is 8. The minimum absolute atomic E-state index is 0.117. The summed E-state index contributed by atoms with van der Waals surface area (Å²) in [6.07, 6.45) is 0.657. The number of ether oxygens (including phenoxy) is 1. The first kappa shape index (κ1) is 20.8. The monoisotopic (exact) mass is 427 g/mol. The Hall–Kier alpha value is -2.49. The Morgan fingerprint density at radius 3 is 2.80 bits per heavy atom. The maximum atomic E-state index is 12.8. The first-order chi connectivity index (χ1) is 14.6. The fourth-order valence-corrected chi connectivity index (χ4v) is 4.36. The van der Waals surface area contributed by atoms with Gasteiger partial charge in [0.25, 0.3) is 0 Å². The first-order valence-electron chi connectivity index (χ1n) is 10.1. The number of rotatable bonds is 7. The third-order valence-corrected chi connectivity index (χ3v) is 6.25. The van der Waals surface area contributed by atoms with Crippen molar-refractivity contribution in [2.75, 3.05) is 31.6 Å². The zero-order valence-electron chi connectivity index (χ0n) is 17.1. The molecule has 1 unspecified atom stereocenters. The summed E-state index contributed by atoms with van der Waals surface area (Å²) in [6, 6.07) is 9.64. The van der Waals surface area contributed by atoms with E-state index in [0.29, 0.717) is 24.5 Å². The molecule has 0 bridgehead atoms. The molecule has 0 saturated carbocycles. The largest absolute Gasteiger partial charge is 0.379 e. The fourth-order valence-electron chi connectivity index (χ4n) is 3.30. The van der Waals surface area contributed by atoms with Crippen molar-refractivity contribution in [2.24, 2.45) is 0 Å². The van der Waals surface area contributed by atoms with Gasteiger partial charge in [-0.1, -0.05) is 42.0 Å². The number of morpholine rings is 1. The summed E-state index contributed by atoms with van der Waals surface area (Å²) in [5, 5.41) is 8.15. The van der Waals surface area contributed by atoms with Gasteiger partial charge in [0.2, 0.25) is 5.91 Å². The van der Waals surface area contributed by atoms with E-state index in [9.17, 15) is 4.79 Å². The van der Waals surface area contributed by atoms with E-state index in [1.807, 2.05) is 31.2 Å². The van der Waals surface area contributed by atoms with Gasteiger partial charge >= 0.3 is 0 Å². The number of carbonyl (C=O) groups is 1. The molecule has 30 heavy (non-hydrogen) atoms. The number of nitrogens with one attached hydrogen (secondary N) is 1. The molecule has 0 spiro atoms. The van der Waals surface area contributed by atoms with Gasteiger partial charge in [0.1, 0.15) is 16.6 Å². The number of nitrogens with zero attached hydrogens (tertiary/aromatic N) is 4. The Kier molecular flexibility index (Phi) is 6.61. The third kappa shape index (κ3) is 4.97. The minimum Gasteiger partial charge on any atom is -0.379 e. The van der Waals surface area contributed by atoms with Crippen LogP contribution >= 0.6 is 11.8 Å². The van der Waals surface area contributed by atoms with Gasteiger partial charge in [-0.15, -0.1) is 0 Å². The lowest BCUT2D eigenvalue weighted by Crippen LogP contribution is -2.36. The third-order valence-electron chi connectivity index (χ3n) is 4.88. The number of hydrogen-bond donors (Lipinski definition) is 1. The van der Waals surface area contributed by atoms with E-state index in [4.69, 9.17) is 19.2 Å². The SMILES string of the molecule is CCC(Sc1nc(CN2CCOCC2)nc2ccccc12)C(=O)Nc1cc(C)on1. The van der Waals surface area contributed by atoms with Gasteiger partial charge in [0.15, 0.2) is 5.82 Å². The zero-order valence-corrected chi connectivity index (χ0v) is 17.9. The van der Waals surface area contributed by atoms with E-state index in [1.165, 1.54) is 11.8 Å². The van der Waals surface area contributed by atoms with Crippen LogP contribution < -0.4 is 5.32 Å². The number of benzene rings is 1. The Labute approximate surface area is 179 Å². The summed E-state index contributed by atoms with van der Waals surface area (Å²) in [5.74, 6) is 1.73. The van der Waals surface area contributed by atoms with E-state index in [0.717, 1.165) is 48.1 Å². The molecule has 0 radical (unpaired) electrons. The molecule has 1 aliphatic rings. The molecule has 9 heteroatoms. The lowest BCUT2D eigenvalue weighted by molar-refractivity contribution is -0.115. The number of anilines is 1. The summed E-state index contributed by atoms with van der Waals surface area (Å²) in [5.41, 5.74) is 0.889. The molecule has 4 rings (SSSR count). The van der Waals surface area contributed by atoms with Gasteiger partial charge in [-0.05, 0) is 19.4 Å². The summed E-state index contributed by atoms with van der Waals surface area (Å²) < 4.78 is 10.5. The van der Waals surface area contributed by atoms with E-state index in [-0.39, 0.29) is 11.2 Å². The molecule has 3 heterocycles. The van der Waals surface area contributed by atoms with Gasteiger partial charge in [0.05, 0.1) is 30.5 Å². The lowest BCUT2D eigenvalue weighted by atomic mass is 10.2. The van der Waals surface area contributed by atoms with Crippen molar-refractivity contribution >= 4 is 34.4 Å². The molecule has 1 saturated heterocycles. The number of amides is 1. The van der Waals surface area contributed by atoms with Crippen molar-refractivity contribution in [3.63, 3.8) is 0 Å². The summed E-state index contributed by atoms with van der Waals surface area (Å²) in [6.45, 7) is 7.65. The Bertz CT molecular complexity index is 1020. The minimum atomic E-state index is -0.309. The number of aromatic nitrogens is 3. The topological polar surface area (TPSA) is 93.4 Å². The molecule has 1 aromatic carbocycles. The molecule has 1 amide bonds.